The average molecular weight is 437 g/mol. The Hall–Kier alpha value is -2.87. The Bertz CT molecular complexity index is 1210. The van der Waals surface area contributed by atoms with Gasteiger partial charge in [0.05, 0.1) is 17.3 Å². The standard InChI is InChI=1S/C24H29FN6O/c1-13-26-12-15-9-20(32)16(10-17(15)27-13)18-8-14-6-7-31(22(14)29-28-18)19-11-23(2,3)30-24(4,5)21(19)25/h8-10,12,19,21,30,32H,6-7,11H2,1-5H3/t19-,21-/m0/s1. The Morgan fingerprint density at radius 1 is 1.16 bits per heavy atom. The SMILES string of the molecule is Cc1ncc2cc(O)c(-c3cc4c(nn3)N([C@H]3CC(C)(C)NC(C)(C)[C@H]3F)CC4)cc2n1. The number of rotatable bonds is 2. The van der Waals surface area contributed by atoms with Crippen molar-refractivity contribution < 1.29 is 9.50 Å². The van der Waals surface area contributed by atoms with Crippen LogP contribution in [-0.2, 0) is 6.42 Å². The number of aromatic hydroxyl groups is 1. The number of phenolic OH excluding ortho intramolecular Hbond substituents is 1. The van der Waals surface area contributed by atoms with Crippen molar-refractivity contribution in [2.75, 3.05) is 11.4 Å². The van der Waals surface area contributed by atoms with Gasteiger partial charge in [0.1, 0.15) is 17.7 Å². The van der Waals surface area contributed by atoms with E-state index in [1.807, 2.05) is 32.9 Å². The molecule has 2 aliphatic heterocycles. The van der Waals surface area contributed by atoms with E-state index in [4.69, 9.17) is 0 Å². The maximum atomic E-state index is 15.5. The third kappa shape index (κ3) is 3.46. The molecule has 2 aliphatic rings. The van der Waals surface area contributed by atoms with Gasteiger partial charge in [0.2, 0.25) is 0 Å². The molecule has 1 aromatic carbocycles. The number of benzene rings is 1. The number of phenols is 1. The summed E-state index contributed by atoms with van der Waals surface area (Å²) in [7, 11) is 0. The zero-order chi connectivity index (χ0) is 22.8. The average Bonchev–Trinajstić information content (AvgIpc) is 3.13. The van der Waals surface area contributed by atoms with E-state index in [1.165, 1.54) is 0 Å². The minimum atomic E-state index is -1.03. The van der Waals surface area contributed by atoms with E-state index >= 15 is 4.39 Å². The lowest BCUT2D eigenvalue weighted by Crippen LogP contribution is -2.69. The van der Waals surface area contributed by atoms with E-state index in [2.05, 4.69) is 44.2 Å². The number of hydrogen-bond donors (Lipinski definition) is 2. The highest BCUT2D eigenvalue weighted by Gasteiger charge is 2.49. The number of aromatic nitrogens is 4. The molecular weight excluding hydrogens is 407 g/mol. The summed E-state index contributed by atoms with van der Waals surface area (Å²) >= 11 is 0. The van der Waals surface area contributed by atoms with E-state index in [0.717, 1.165) is 28.7 Å². The minimum Gasteiger partial charge on any atom is -0.507 e. The first-order chi connectivity index (χ1) is 15.0. The summed E-state index contributed by atoms with van der Waals surface area (Å²) in [5, 5.41) is 23.7. The van der Waals surface area contributed by atoms with E-state index in [0.29, 0.717) is 30.0 Å². The molecule has 1 saturated heterocycles. The number of nitrogens with one attached hydrogen (secondary N) is 1. The predicted molar refractivity (Wildman–Crippen MR) is 123 cm³/mol. The Morgan fingerprint density at radius 2 is 1.94 bits per heavy atom. The second-order valence-electron chi connectivity index (χ2n) is 10.3. The van der Waals surface area contributed by atoms with Crippen molar-refractivity contribution in [2.24, 2.45) is 0 Å². The number of hydrogen-bond acceptors (Lipinski definition) is 7. The van der Waals surface area contributed by atoms with Gasteiger partial charge >= 0.3 is 0 Å². The molecular formula is C24H29FN6O. The summed E-state index contributed by atoms with van der Waals surface area (Å²) in [4.78, 5) is 10.7. The van der Waals surface area contributed by atoms with Gasteiger partial charge < -0.3 is 15.3 Å². The van der Waals surface area contributed by atoms with E-state index in [-0.39, 0.29) is 17.3 Å². The minimum absolute atomic E-state index is 0.111. The van der Waals surface area contributed by atoms with E-state index in [1.54, 1.807) is 12.3 Å². The molecule has 0 unspecified atom stereocenters. The van der Waals surface area contributed by atoms with E-state index in [9.17, 15) is 5.11 Å². The molecule has 0 aliphatic carbocycles. The summed E-state index contributed by atoms with van der Waals surface area (Å²) in [6, 6.07) is 5.16. The first kappa shape index (κ1) is 21.0. The first-order valence-electron chi connectivity index (χ1n) is 11.1. The highest BCUT2D eigenvalue weighted by Crippen LogP contribution is 2.40. The highest BCUT2D eigenvalue weighted by molar-refractivity contribution is 5.87. The van der Waals surface area contributed by atoms with Crippen molar-refractivity contribution in [1.29, 1.82) is 0 Å². The Balaban J connectivity index is 1.51. The molecule has 8 heteroatoms. The smallest absolute Gasteiger partial charge is 0.154 e. The van der Waals surface area contributed by atoms with Crippen LogP contribution in [0.5, 0.6) is 5.75 Å². The zero-order valence-corrected chi connectivity index (χ0v) is 19.1. The molecule has 2 atom stereocenters. The van der Waals surface area contributed by atoms with Crippen LogP contribution in [0.4, 0.5) is 10.2 Å². The third-order valence-corrected chi connectivity index (χ3v) is 6.65. The molecule has 3 aromatic rings. The predicted octanol–water partition coefficient (Wildman–Crippen LogP) is 3.72. The molecule has 0 saturated carbocycles. The number of halogens is 1. The summed E-state index contributed by atoms with van der Waals surface area (Å²) in [6.07, 6.45) is 2.12. The van der Waals surface area contributed by atoms with Gasteiger partial charge in [-0.1, -0.05) is 0 Å². The molecule has 0 spiro atoms. The van der Waals surface area contributed by atoms with Crippen LogP contribution in [0, 0.1) is 6.92 Å². The highest BCUT2D eigenvalue weighted by atomic mass is 19.1. The van der Waals surface area contributed by atoms with Gasteiger partial charge in [0.25, 0.3) is 0 Å². The molecule has 168 valence electrons. The maximum absolute atomic E-state index is 15.5. The molecule has 5 rings (SSSR count). The van der Waals surface area contributed by atoms with Crippen molar-refractivity contribution in [3.8, 4) is 17.0 Å². The van der Waals surface area contributed by atoms with Gasteiger partial charge in [-0.05, 0) is 65.7 Å². The molecule has 4 heterocycles. The van der Waals surface area contributed by atoms with Gasteiger partial charge in [-0.3, -0.25) is 0 Å². The van der Waals surface area contributed by atoms with Gasteiger partial charge in [-0.15, -0.1) is 10.2 Å². The van der Waals surface area contributed by atoms with Crippen LogP contribution >= 0.6 is 0 Å². The number of alkyl halides is 1. The fourth-order valence-corrected chi connectivity index (χ4v) is 5.38. The van der Waals surface area contributed by atoms with Crippen molar-refractivity contribution in [3.05, 3.63) is 35.8 Å². The third-order valence-electron chi connectivity index (χ3n) is 6.65. The lowest BCUT2D eigenvalue weighted by molar-refractivity contribution is 0.0555. The normalized spacial score (nSPS) is 24.0. The second kappa shape index (κ2) is 7.07. The monoisotopic (exact) mass is 436 g/mol. The second-order valence-corrected chi connectivity index (χ2v) is 10.3. The number of piperidine rings is 1. The van der Waals surface area contributed by atoms with Gasteiger partial charge in [-0.25, -0.2) is 14.4 Å². The van der Waals surface area contributed by atoms with Gasteiger partial charge in [0.15, 0.2) is 5.82 Å². The number of aryl methyl sites for hydroxylation is 1. The quantitative estimate of drug-likeness (QED) is 0.633. The number of nitrogens with zero attached hydrogens (tertiary/aromatic N) is 5. The van der Waals surface area contributed by atoms with Gasteiger partial charge in [0, 0.05) is 40.3 Å². The van der Waals surface area contributed by atoms with Crippen molar-refractivity contribution >= 4 is 16.7 Å². The molecule has 1 fully saturated rings. The van der Waals surface area contributed by atoms with Crippen LogP contribution in [0.25, 0.3) is 22.2 Å². The van der Waals surface area contributed by atoms with E-state index < -0.39 is 11.7 Å². The maximum Gasteiger partial charge on any atom is 0.154 e. The molecule has 0 amide bonds. The van der Waals surface area contributed by atoms with Crippen LogP contribution in [0.2, 0.25) is 0 Å². The largest absolute Gasteiger partial charge is 0.507 e. The van der Waals surface area contributed by atoms with Gasteiger partial charge in [-0.2, -0.15) is 0 Å². The Morgan fingerprint density at radius 3 is 2.72 bits per heavy atom. The van der Waals surface area contributed by atoms with Crippen LogP contribution in [0.1, 0.15) is 45.5 Å². The molecule has 7 nitrogen and oxygen atoms in total. The molecule has 0 bridgehead atoms. The summed E-state index contributed by atoms with van der Waals surface area (Å²) in [6.45, 7) is 10.6. The topological polar surface area (TPSA) is 87.1 Å². The van der Waals surface area contributed by atoms with Crippen molar-refractivity contribution in [3.63, 3.8) is 0 Å². The number of anilines is 1. The molecule has 2 N–H and O–H groups in total. The summed E-state index contributed by atoms with van der Waals surface area (Å²) < 4.78 is 15.5. The molecule has 2 aromatic heterocycles. The van der Waals surface area contributed by atoms with Crippen LogP contribution in [-0.4, -0.2) is 55.1 Å². The van der Waals surface area contributed by atoms with Crippen LogP contribution < -0.4 is 10.2 Å². The van der Waals surface area contributed by atoms with Crippen molar-refractivity contribution in [1.82, 2.24) is 25.5 Å². The Labute approximate surface area is 187 Å². The zero-order valence-electron chi connectivity index (χ0n) is 19.1. The lowest BCUT2D eigenvalue weighted by atomic mass is 9.77. The fraction of sp³-hybridized carbons (Fsp3) is 0.500. The Kier molecular flexibility index (Phi) is 4.64. The summed E-state index contributed by atoms with van der Waals surface area (Å²) in [5.41, 5.74) is 2.13. The fourth-order valence-electron chi connectivity index (χ4n) is 5.38. The molecule has 0 radical (unpaired) electrons. The van der Waals surface area contributed by atoms with Crippen molar-refractivity contribution in [2.45, 2.75) is 70.8 Å². The number of fused-ring (bicyclic) bond motifs is 2. The van der Waals surface area contributed by atoms with Crippen LogP contribution in [0.3, 0.4) is 0 Å². The first-order valence-corrected chi connectivity index (χ1v) is 11.1. The lowest BCUT2D eigenvalue weighted by Gasteiger charge is -2.51. The molecule has 32 heavy (non-hydrogen) atoms. The van der Waals surface area contributed by atoms with Crippen LogP contribution in [0.15, 0.2) is 24.4 Å². The summed E-state index contributed by atoms with van der Waals surface area (Å²) in [5.74, 6) is 1.52.